The Morgan fingerprint density at radius 1 is 1.00 bits per heavy atom. The molecule has 3 unspecified atom stereocenters. The van der Waals surface area contributed by atoms with Crippen LogP contribution in [0.5, 0.6) is 0 Å². The SMILES string of the molecule is NC1CCCC1CC1CCC2(CCCC2)O1. The highest BCUT2D eigenvalue weighted by atomic mass is 16.5. The van der Waals surface area contributed by atoms with Gasteiger partial charge in [0.2, 0.25) is 0 Å². The molecule has 1 saturated heterocycles. The number of hydrogen-bond acceptors (Lipinski definition) is 2. The van der Waals surface area contributed by atoms with Crippen molar-refractivity contribution >= 4 is 0 Å². The third-order valence-corrected chi connectivity index (χ3v) is 5.14. The maximum atomic E-state index is 6.36. The van der Waals surface area contributed by atoms with Gasteiger partial charge < -0.3 is 10.5 Å². The van der Waals surface area contributed by atoms with E-state index < -0.39 is 0 Å². The van der Waals surface area contributed by atoms with E-state index >= 15 is 0 Å². The van der Waals surface area contributed by atoms with E-state index in [-0.39, 0.29) is 0 Å². The van der Waals surface area contributed by atoms with Crippen LogP contribution >= 0.6 is 0 Å². The van der Waals surface area contributed by atoms with Gasteiger partial charge >= 0.3 is 0 Å². The van der Waals surface area contributed by atoms with Crippen LogP contribution in [0.1, 0.15) is 64.2 Å². The normalized spacial score (nSPS) is 42.2. The summed E-state index contributed by atoms with van der Waals surface area (Å²) >= 11 is 0. The molecule has 0 aromatic rings. The molecule has 2 aliphatic carbocycles. The molecular weight excluding hydrogens is 198 g/mol. The number of rotatable bonds is 2. The van der Waals surface area contributed by atoms with E-state index in [9.17, 15) is 0 Å². The van der Waals surface area contributed by atoms with Gasteiger partial charge in [-0.25, -0.2) is 0 Å². The molecule has 0 bridgehead atoms. The smallest absolute Gasteiger partial charge is 0.0687 e. The van der Waals surface area contributed by atoms with E-state index in [0.717, 1.165) is 5.92 Å². The maximum absolute atomic E-state index is 6.36. The highest BCUT2D eigenvalue weighted by Crippen LogP contribution is 2.45. The summed E-state index contributed by atoms with van der Waals surface area (Å²) < 4.78 is 6.36. The highest BCUT2D eigenvalue weighted by Gasteiger charge is 2.43. The molecule has 16 heavy (non-hydrogen) atoms. The van der Waals surface area contributed by atoms with Crippen LogP contribution in [-0.4, -0.2) is 17.7 Å². The highest BCUT2D eigenvalue weighted by molar-refractivity contribution is 4.94. The second kappa shape index (κ2) is 4.30. The molecule has 0 amide bonds. The first kappa shape index (κ1) is 11.0. The van der Waals surface area contributed by atoms with Crippen LogP contribution in [-0.2, 0) is 4.74 Å². The fourth-order valence-electron chi connectivity index (χ4n) is 4.14. The van der Waals surface area contributed by atoms with Crippen LogP contribution in [0, 0.1) is 5.92 Å². The molecular formula is C14H25NO. The van der Waals surface area contributed by atoms with Gasteiger partial charge in [0.15, 0.2) is 0 Å². The van der Waals surface area contributed by atoms with Gasteiger partial charge in [0, 0.05) is 6.04 Å². The Balaban J connectivity index is 1.53. The lowest BCUT2D eigenvalue weighted by Gasteiger charge is -2.25. The maximum Gasteiger partial charge on any atom is 0.0687 e. The minimum atomic E-state index is 0.313. The largest absolute Gasteiger partial charge is 0.372 e. The molecule has 3 fully saturated rings. The zero-order valence-corrected chi connectivity index (χ0v) is 10.3. The molecule has 92 valence electrons. The minimum absolute atomic E-state index is 0.313. The molecule has 1 aliphatic heterocycles. The van der Waals surface area contributed by atoms with Crippen LogP contribution in [0.2, 0.25) is 0 Å². The van der Waals surface area contributed by atoms with Gasteiger partial charge in [0.05, 0.1) is 11.7 Å². The van der Waals surface area contributed by atoms with Crippen molar-refractivity contribution in [2.24, 2.45) is 11.7 Å². The third kappa shape index (κ3) is 2.02. The predicted molar refractivity (Wildman–Crippen MR) is 65.2 cm³/mol. The molecule has 0 radical (unpaired) electrons. The van der Waals surface area contributed by atoms with E-state index in [0.29, 0.717) is 17.7 Å². The lowest BCUT2D eigenvalue weighted by Crippen LogP contribution is -2.30. The van der Waals surface area contributed by atoms with E-state index in [1.165, 1.54) is 64.2 Å². The molecule has 2 heteroatoms. The van der Waals surface area contributed by atoms with E-state index in [1.807, 2.05) is 0 Å². The molecule has 2 nitrogen and oxygen atoms in total. The Kier molecular flexibility index (Phi) is 2.97. The van der Waals surface area contributed by atoms with Crippen molar-refractivity contribution in [3.8, 4) is 0 Å². The second-order valence-corrected chi connectivity index (χ2v) is 6.26. The van der Waals surface area contributed by atoms with Gasteiger partial charge in [0.25, 0.3) is 0 Å². The predicted octanol–water partition coefficient (Wildman–Crippen LogP) is 3.00. The zero-order valence-electron chi connectivity index (χ0n) is 10.3. The lowest BCUT2D eigenvalue weighted by molar-refractivity contribution is -0.0445. The average Bonchev–Trinajstić information content (AvgIpc) is 2.96. The van der Waals surface area contributed by atoms with Gasteiger partial charge in [-0.15, -0.1) is 0 Å². The summed E-state index contributed by atoms with van der Waals surface area (Å²) in [5.41, 5.74) is 6.46. The fourth-order valence-corrected chi connectivity index (χ4v) is 4.14. The molecule has 2 N–H and O–H groups in total. The topological polar surface area (TPSA) is 35.2 Å². The van der Waals surface area contributed by atoms with E-state index in [1.54, 1.807) is 0 Å². The van der Waals surface area contributed by atoms with Crippen LogP contribution < -0.4 is 5.73 Å². The van der Waals surface area contributed by atoms with Crippen molar-refractivity contribution in [3.63, 3.8) is 0 Å². The van der Waals surface area contributed by atoms with Crippen molar-refractivity contribution in [1.82, 2.24) is 0 Å². The van der Waals surface area contributed by atoms with E-state index in [4.69, 9.17) is 10.5 Å². The summed E-state index contributed by atoms with van der Waals surface area (Å²) in [6, 6.07) is 0.462. The van der Waals surface area contributed by atoms with Crippen LogP contribution in [0.3, 0.4) is 0 Å². The van der Waals surface area contributed by atoms with Crippen molar-refractivity contribution < 1.29 is 4.74 Å². The molecule has 1 spiro atoms. The Labute approximate surface area is 98.9 Å². The number of hydrogen-bond donors (Lipinski definition) is 1. The fraction of sp³-hybridized carbons (Fsp3) is 1.00. The van der Waals surface area contributed by atoms with Crippen LogP contribution in [0.4, 0.5) is 0 Å². The van der Waals surface area contributed by atoms with Crippen molar-refractivity contribution in [1.29, 1.82) is 0 Å². The molecule has 0 aromatic carbocycles. The molecule has 3 aliphatic rings. The summed E-state index contributed by atoms with van der Waals surface area (Å²) in [4.78, 5) is 0. The Morgan fingerprint density at radius 2 is 1.81 bits per heavy atom. The quantitative estimate of drug-likeness (QED) is 0.781. The van der Waals surface area contributed by atoms with Crippen LogP contribution in [0.25, 0.3) is 0 Å². The Morgan fingerprint density at radius 3 is 2.50 bits per heavy atom. The van der Waals surface area contributed by atoms with Gasteiger partial charge in [-0.3, -0.25) is 0 Å². The summed E-state index contributed by atoms with van der Waals surface area (Å²) in [5.74, 6) is 0.751. The third-order valence-electron chi connectivity index (χ3n) is 5.14. The number of nitrogens with two attached hydrogens (primary N) is 1. The van der Waals surface area contributed by atoms with Gasteiger partial charge in [-0.1, -0.05) is 19.3 Å². The van der Waals surface area contributed by atoms with Crippen molar-refractivity contribution in [3.05, 3.63) is 0 Å². The molecule has 3 atom stereocenters. The first-order valence-corrected chi connectivity index (χ1v) is 7.21. The summed E-state index contributed by atoms with van der Waals surface area (Å²) in [7, 11) is 0. The number of ether oxygens (including phenoxy) is 1. The zero-order chi connectivity index (χ0) is 11.0. The monoisotopic (exact) mass is 223 g/mol. The van der Waals surface area contributed by atoms with Gasteiger partial charge in [-0.2, -0.15) is 0 Å². The molecule has 1 heterocycles. The molecule has 2 saturated carbocycles. The summed E-state index contributed by atoms with van der Waals surface area (Å²) in [6.45, 7) is 0. The molecule has 0 aromatic heterocycles. The van der Waals surface area contributed by atoms with Gasteiger partial charge in [-0.05, 0) is 50.9 Å². The second-order valence-electron chi connectivity index (χ2n) is 6.26. The Hall–Kier alpha value is -0.0800. The lowest BCUT2D eigenvalue weighted by atomic mass is 9.94. The van der Waals surface area contributed by atoms with Crippen molar-refractivity contribution in [2.45, 2.75) is 82.0 Å². The van der Waals surface area contributed by atoms with E-state index in [2.05, 4.69) is 0 Å². The van der Waals surface area contributed by atoms with Gasteiger partial charge in [0.1, 0.15) is 0 Å². The first-order valence-electron chi connectivity index (χ1n) is 7.21. The average molecular weight is 223 g/mol. The summed E-state index contributed by atoms with van der Waals surface area (Å²) in [6.07, 6.45) is 13.7. The van der Waals surface area contributed by atoms with Crippen LogP contribution in [0.15, 0.2) is 0 Å². The molecule has 3 rings (SSSR count). The minimum Gasteiger partial charge on any atom is -0.372 e. The van der Waals surface area contributed by atoms with Crippen molar-refractivity contribution in [2.75, 3.05) is 0 Å². The summed E-state index contributed by atoms with van der Waals surface area (Å²) in [5, 5.41) is 0. The standard InChI is InChI=1S/C14H25NO/c15-13-5-3-4-11(13)10-12-6-9-14(16-12)7-1-2-8-14/h11-13H,1-10,15H2. The Bertz CT molecular complexity index is 247. The first-order chi connectivity index (χ1) is 7.77.